The molecule has 1 aliphatic heterocycles. The van der Waals surface area contributed by atoms with Crippen molar-refractivity contribution in [3.05, 3.63) is 48.0 Å². The average Bonchev–Trinajstić information content (AvgIpc) is 2.89. The molecular formula is C16H21N3O2S. The Balaban J connectivity index is 1.54. The summed E-state index contributed by atoms with van der Waals surface area (Å²) in [6.07, 6.45) is 3.49. The van der Waals surface area contributed by atoms with Gasteiger partial charge in [0.25, 0.3) is 0 Å². The zero-order valence-corrected chi connectivity index (χ0v) is 13.6. The third-order valence-corrected chi connectivity index (χ3v) is 5.99. The summed E-state index contributed by atoms with van der Waals surface area (Å²) < 4.78 is 26.6. The Hall–Kier alpha value is -1.66. The number of benzene rings is 1. The van der Waals surface area contributed by atoms with E-state index in [1.807, 2.05) is 19.4 Å². The lowest BCUT2D eigenvalue weighted by atomic mass is 10.1. The van der Waals surface area contributed by atoms with E-state index < -0.39 is 9.84 Å². The van der Waals surface area contributed by atoms with Gasteiger partial charge in [-0.2, -0.15) is 0 Å². The van der Waals surface area contributed by atoms with Gasteiger partial charge in [0.2, 0.25) is 0 Å². The van der Waals surface area contributed by atoms with Gasteiger partial charge in [-0.25, -0.2) is 13.4 Å². The van der Waals surface area contributed by atoms with Gasteiger partial charge in [-0.1, -0.05) is 18.2 Å². The molecule has 22 heavy (non-hydrogen) atoms. The van der Waals surface area contributed by atoms with Gasteiger partial charge in [0.15, 0.2) is 9.84 Å². The lowest BCUT2D eigenvalue weighted by Crippen LogP contribution is -2.32. The van der Waals surface area contributed by atoms with Crippen LogP contribution in [0.3, 0.4) is 0 Å². The van der Waals surface area contributed by atoms with Gasteiger partial charge in [0.05, 0.1) is 22.7 Å². The highest BCUT2D eigenvalue weighted by atomic mass is 32.2. The maximum absolute atomic E-state index is 12.2. The van der Waals surface area contributed by atoms with Crippen LogP contribution in [0.1, 0.15) is 17.8 Å². The number of aryl methyl sites for hydroxylation is 1. The molecule has 0 atom stereocenters. The van der Waals surface area contributed by atoms with Crippen molar-refractivity contribution in [1.82, 2.24) is 14.5 Å². The van der Waals surface area contributed by atoms with Gasteiger partial charge in [-0.15, -0.1) is 0 Å². The lowest BCUT2D eigenvalue weighted by Gasteiger charge is -2.26. The normalized spacial score (nSPS) is 15.7. The topological polar surface area (TPSA) is 55.2 Å². The molecule has 1 aromatic carbocycles. The quantitative estimate of drug-likeness (QED) is 0.841. The number of imidazole rings is 1. The standard InChI is InChI=1S/C16H21N3O2S/c1-18-13-17-15-12-19(10-8-16(15)18)9-5-11-22(20,21)14-6-3-2-4-7-14/h2-4,6-7,13H,5,8-12H2,1H3. The molecule has 3 rings (SSSR count). The fourth-order valence-electron chi connectivity index (χ4n) is 2.93. The predicted octanol–water partition coefficient (Wildman–Crippen LogP) is 1.64. The van der Waals surface area contributed by atoms with Gasteiger partial charge in [-0.3, -0.25) is 4.90 Å². The summed E-state index contributed by atoms with van der Waals surface area (Å²) in [5.41, 5.74) is 2.42. The van der Waals surface area contributed by atoms with Crippen molar-refractivity contribution < 1.29 is 8.42 Å². The van der Waals surface area contributed by atoms with E-state index in [-0.39, 0.29) is 5.75 Å². The molecule has 0 amide bonds. The van der Waals surface area contributed by atoms with Crippen molar-refractivity contribution in [3.63, 3.8) is 0 Å². The molecule has 2 heterocycles. The second-order valence-electron chi connectivity index (χ2n) is 5.76. The van der Waals surface area contributed by atoms with E-state index in [2.05, 4.69) is 14.5 Å². The highest BCUT2D eigenvalue weighted by molar-refractivity contribution is 7.91. The Bertz CT molecular complexity index is 738. The molecule has 0 N–H and O–H groups in total. The third kappa shape index (κ3) is 3.23. The summed E-state index contributed by atoms with van der Waals surface area (Å²) in [7, 11) is -1.14. The first-order valence-electron chi connectivity index (χ1n) is 7.55. The maximum Gasteiger partial charge on any atom is 0.178 e. The minimum Gasteiger partial charge on any atom is -0.337 e. The van der Waals surface area contributed by atoms with Crippen LogP contribution in [-0.2, 0) is 29.9 Å². The fraction of sp³-hybridized carbons (Fsp3) is 0.438. The molecule has 0 radical (unpaired) electrons. The Labute approximate surface area is 131 Å². The number of hydrogen-bond donors (Lipinski definition) is 0. The first kappa shape index (κ1) is 15.2. The molecule has 2 aromatic rings. The zero-order valence-electron chi connectivity index (χ0n) is 12.8. The third-order valence-electron chi connectivity index (χ3n) is 4.17. The molecule has 1 aromatic heterocycles. The Morgan fingerprint density at radius 1 is 1.23 bits per heavy atom. The van der Waals surface area contributed by atoms with Gasteiger partial charge in [0.1, 0.15) is 0 Å². The van der Waals surface area contributed by atoms with E-state index in [4.69, 9.17) is 0 Å². The van der Waals surface area contributed by atoms with Crippen molar-refractivity contribution in [2.75, 3.05) is 18.8 Å². The van der Waals surface area contributed by atoms with Crippen LogP contribution < -0.4 is 0 Å². The lowest BCUT2D eigenvalue weighted by molar-refractivity contribution is 0.249. The molecule has 0 aliphatic carbocycles. The smallest absolute Gasteiger partial charge is 0.178 e. The number of fused-ring (bicyclic) bond motifs is 1. The number of aromatic nitrogens is 2. The van der Waals surface area contributed by atoms with E-state index >= 15 is 0 Å². The van der Waals surface area contributed by atoms with Crippen LogP contribution in [0.5, 0.6) is 0 Å². The first-order chi connectivity index (χ1) is 10.6. The molecule has 0 saturated heterocycles. The molecule has 118 valence electrons. The van der Waals surface area contributed by atoms with E-state index in [1.54, 1.807) is 24.3 Å². The fourth-order valence-corrected chi connectivity index (χ4v) is 4.24. The van der Waals surface area contributed by atoms with Crippen molar-refractivity contribution in [2.24, 2.45) is 7.05 Å². The summed E-state index contributed by atoms with van der Waals surface area (Å²) in [6.45, 7) is 2.58. The van der Waals surface area contributed by atoms with Gasteiger partial charge in [0, 0.05) is 32.3 Å². The van der Waals surface area contributed by atoms with Crippen LogP contribution in [0.2, 0.25) is 0 Å². The summed E-state index contributed by atoms with van der Waals surface area (Å²) >= 11 is 0. The van der Waals surface area contributed by atoms with Crippen molar-refractivity contribution in [2.45, 2.75) is 24.3 Å². The second-order valence-corrected chi connectivity index (χ2v) is 7.87. The zero-order chi connectivity index (χ0) is 15.6. The van der Waals surface area contributed by atoms with Gasteiger partial charge in [-0.05, 0) is 25.1 Å². The minimum absolute atomic E-state index is 0.197. The first-order valence-corrected chi connectivity index (χ1v) is 9.21. The summed E-state index contributed by atoms with van der Waals surface area (Å²) in [4.78, 5) is 7.12. The van der Waals surface area contributed by atoms with Crippen LogP contribution >= 0.6 is 0 Å². The highest BCUT2D eigenvalue weighted by Gasteiger charge is 2.20. The van der Waals surface area contributed by atoms with E-state index in [1.165, 1.54) is 5.69 Å². The summed E-state index contributed by atoms with van der Waals surface area (Å²) in [5, 5.41) is 0. The molecular weight excluding hydrogens is 298 g/mol. The van der Waals surface area contributed by atoms with Crippen LogP contribution in [0, 0.1) is 0 Å². The summed E-state index contributed by atoms with van der Waals surface area (Å²) in [5.74, 6) is 0.197. The SMILES string of the molecule is Cn1cnc2c1CCN(CCCS(=O)(=O)c1ccccc1)C2. The van der Waals surface area contributed by atoms with Crippen LogP contribution in [0.4, 0.5) is 0 Å². The monoisotopic (exact) mass is 319 g/mol. The van der Waals surface area contributed by atoms with Crippen LogP contribution in [-0.4, -0.2) is 41.7 Å². The number of sulfone groups is 1. The maximum atomic E-state index is 12.2. The van der Waals surface area contributed by atoms with Gasteiger partial charge < -0.3 is 4.57 Å². The highest BCUT2D eigenvalue weighted by Crippen LogP contribution is 2.17. The molecule has 0 unspecified atom stereocenters. The molecule has 5 nitrogen and oxygen atoms in total. The van der Waals surface area contributed by atoms with Crippen LogP contribution in [0.25, 0.3) is 0 Å². The average molecular weight is 319 g/mol. The number of nitrogens with zero attached hydrogens (tertiary/aromatic N) is 3. The number of rotatable bonds is 5. The van der Waals surface area contributed by atoms with E-state index in [9.17, 15) is 8.42 Å². The Kier molecular flexibility index (Phi) is 4.31. The molecule has 0 spiro atoms. The van der Waals surface area contributed by atoms with Crippen molar-refractivity contribution in [3.8, 4) is 0 Å². The van der Waals surface area contributed by atoms with E-state index in [0.29, 0.717) is 11.3 Å². The van der Waals surface area contributed by atoms with Crippen LogP contribution in [0.15, 0.2) is 41.6 Å². The largest absolute Gasteiger partial charge is 0.337 e. The molecule has 0 saturated carbocycles. The van der Waals surface area contributed by atoms with Crippen molar-refractivity contribution >= 4 is 9.84 Å². The molecule has 0 fully saturated rings. The number of hydrogen-bond acceptors (Lipinski definition) is 4. The minimum atomic E-state index is -3.16. The predicted molar refractivity (Wildman–Crippen MR) is 85.3 cm³/mol. The Morgan fingerprint density at radius 3 is 2.77 bits per heavy atom. The summed E-state index contributed by atoms with van der Waals surface area (Å²) in [6, 6.07) is 8.68. The van der Waals surface area contributed by atoms with E-state index in [0.717, 1.165) is 31.7 Å². The second kappa shape index (κ2) is 6.22. The van der Waals surface area contributed by atoms with Gasteiger partial charge >= 0.3 is 0 Å². The molecule has 6 heteroatoms. The molecule has 0 bridgehead atoms. The Morgan fingerprint density at radius 2 is 2.00 bits per heavy atom. The van der Waals surface area contributed by atoms with Crippen molar-refractivity contribution in [1.29, 1.82) is 0 Å². The molecule has 1 aliphatic rings.